The third-order valence-corrected chi connectivity index (χ3v) is 13.8. The lowest BCUT2D eigenvalue weighted by Gasteiger charge is -2.34. The standard InChI is InChI=1S/C63H51N/c1-63(2)61-40-33-53(46-19-11-5-12-20-46)41-59(61)60-43-54(47-21-13-6-14-22-47)42-58(62(60)63)52-25-23-48(24-26-52)51-31-38-57(39-32-51)64(55-34-27-49(28-35-55)44-15-7-3-8-16-44)56-36-29-50(30-37-56)45-17-9-4-10-18-45/h3-9,11-17,19-41,43,58H,10,18,42H2,1-2H3. The van der Waals surface area contributed by atoms with Gasteiger partial charge >= 0.3 is 0 Å². The normalized spacial score (nSPS) is 16.1. The Morgan fingerprint density at radius 2 is 0.906 bits per heavy atom. The van der Waals surface area contributed by atoms with Crippen molar-refractivity contribution in [2.75, 3.05) is 4.90 Å². The summed E-state index contributed by atoms with van der Waals surface area (Å²) in [4.78, 5) is 2.37. The maximum absolute atomic E-state index is 2.50. The summed E-state index contributed by atoms with van der Waals surface area (Å²) in [5, 5.41) is 0. The number of anilines is 3. The summed E-state index contributed by atoms with van der Waals surface area (Å²) < 4.78 is 0. The molecule has 0 saturated heterocycles. The minimum atomic E-state index is -0.101. The Morgan fingerprint density at radius 1 is 0.453 bits per heavy atom. The first-order valence-corrected chi connectivity index (χ1v) is 22.8. The lowest BCUT2D eigenvalue weighted by atomic mass is 9.69. The number of hydrogen-bond donors (Lipinski definition) is 0. The van der Waals surface area contributed by atoms with E-state index >= 15 is 0 Å². The molecule has 3 aliphatic carbocycles. The summed E-state index contributed by atoms with van der Waals surface area (Å²) in [6, 6.07) is 76.1. The Morgan fingerprint density at radius 3 is 1.44 bits per heavy atom. The molecule has 1 heteroatoms. The molecule has 8 aromatic rings. The molecule has 0 fully saturated rings. The topological polar surface area (TPSA) is 3.24 Å². The second-order valence-electron chi connectivity index (χ2n) is 18.0. The predicted molar refractivity (Wildman–Crippen MR) is 272 cm³/mol. The Labute approximate surface area is 378 Å². The van der Waals surface area contributed by atoms with E-state index in [4.69, 9.17) is 0 Å². The number of rotatable bonds is 9. The predicted octanol–water partition coefficient (Wildman–Crippen LogP) is 17.2. The zero-order valence-electron chi connectivity index (χ0n) is 36.6. The third kappa shape index (κ3) is 7.37. The van der Waals surface area contributed by atoms with Gasteiger partial charge in [0.05, 0.1) is 0 Å². The zero-order chi connectivity index (χ0) is 43.0. The lowest BCUT2D eigenvalue weighted by molar-refractivity contribution is 0.575. The van der Waals surface area contributed by atoms with Crippen molar-refractivity contribution in [3.8, 4) is 33.4 Å². The molecule has 0 spiro atoms. The van der Waals surface area contributed by atoms with Gasteiger partial charge in [-0.15, -0.1) is 0 Å². The van der Waals surface area contributed by atoms with Crippen LogP contribution in [-0.4, -0.2) is 0 Å². The molecular weight excluding hydrogens is 771 g/mol. The fraction of sp³-hybridized carbons (Fsp3) is 0.111. The Hall–Kier alpha value is -7.48. The number of nitrogens with zero attached hydrogens (tertiary/aromatic N) is 1. The van der Waals surface area contributed by atoms with E-state index in [0.717, 1.165) is 36.3 Å². The van der Waals surface area contributed by atoms with Crippen molar-refractivity contribution in [1.29, 1.82) is 0 Å². The highest BCUT2D eigenvalue weighted by Gasteiger charge is 2.43. The van der Waals surface area contributed by atoms with Crippen molar-refractivity contribution in [2.45, 2.75) is 44.4 Å². The molecule has 1 atom stereocenters. The maximum Gasteiger partial charge on any atom is 0.0462 e. The van der Waals surface area contributed by atoms with E-state index in [0.29, 0.717) is 0 Å². The van der Waals surface area contributed by atoms with Gasteiger partial charge in [0.2, 0.25) is 0 Å². The van der Waals surface area contributed by atoms with Gasteiger partial charge in [0.1, 0.15) is 0 Å². The van der Waals surface area contributed by atoms with E-state index in [1.807, 2.05) is 0 Å². The molecule has 3 aliphatic rings. The molecule has 8 aromatic carbocycles. The molecule has 0 radical (unpaired) electrons. The molecule has 0 aromatic heterocycles. The molecular formula is C63H51N. The van der Waals surface area contributed by atoms with Gasteiger partial charge in [-0.05, 0) is 145 Å². The third-order valence-electron chi connectivity index (χ3n) is 13.8. The van der Waals surface area contributed by atoms with E-state index in [2.05, 4.69) is 249 Å². The lowest BCUT2D eigenvalue weighted by Crippen LogP contribution is -2.23. The van der Waals surface area contributed by atoms with Crippen LogP contribution in [0.2, 0.25) is 0 Å². The van der Waals surface area contributed by atoms with Crippen molar-refractivity contribution in [3.63, 3.8) is 0 Å². The van der Waals surface area contributed by atoms with Gasteiger partial charge in [-0.2, -0.15) is 0 Å². The minimum absolute atomic E-state index is 0.101. The van der Waals surface area contributed by atoms with Crippen molar-refractivity contribution in [3.05, 3.63) is 264 Å². The van der Waals surface area contributed by atoms with Crippen molar-refractivity contribution < 1.29 is 0 Å². The summed E-state index contributed by atoms with van der Waals surface area (Å²) in [6.07, 6.45) is 12.3. The van der Waals surface area contributed by atoms with Crippen LogP contribution in [-0.2, 0) is 5.41 Å². The molecule has 1 nitrogen and oxygen atoms in total. The second-order valence-corrected chi connectivity index (χ2v) is 18.0. The van der Waals surface area contributed by atoms with Gasteiger partial charge in [-0.25, -0.2) is 0 Å². The van der Waals surface area contributed by atoms with Crippen LogP contribution in [0.1, 0.15) is 66.8 Å². The summed E-state index contributed by atoms with van der Waals surface area (Å²) in [5.74, 6) is 0.258. The van der Waals surface area contributed by atoms with Crippen LogP contribution in [0.15, 0.2) is 236 Å². The van der Waals surface area contributed by atoms with Gasteiger partial charge in [-0.1, -0.05) is 202 Å². The number of fused-ring (bicyclic) bond motifs is 2. The Balaban J connectivity index is 0.921. The molecule has 308 valence electrons. The highest BCUT2D eigenvalue weighted by molar-refractivity contribution is 5.96. The van der Waals surface area contributed by atoms with E-state index in [1.54, 1.807) is 0 Å². The van der Waals surface area contributed by atoms with Gasteiger partial charge in [0.15, 0.2) is 0 Å². The highest BCUT2D eigenvalue weighted by atomic mass is 15.1. The molecule has 11 rings (SSSR count). The molecule has 1 unspecified atom stereocenters. The van der Waals surface area contributed by atoms with Crippen LogP contribution in [0.4, 0.5) is 17.1 Å². The van der Waals surface area contributed by atoms with Crippen molar-refractivity contribution in [1.82, 2.24) is 0 Å². The Bertz CT molecular complexity index is 3070. The van der Waals surface area contributed by atoms with E-state index in [1.165, 1.54) is 83.5 Å². The largest absolute Gasteiger partial charge is 0.311 e. The SMILES string of the molecule is CC1(C)C2=C(C=C(c3ccccc3)CC2c2ccc(-c3ccc(N(c4ccc(C5=CC=CCC5)cc4)c4ccc(-c5ccccc5)cc4)cc3)cc2)c2cc(-c3ccccc3)ccc21. The summed E-state index contributed by atoms with van der Waals surface area (Å²) in [5.41, 5.74) is 23.1. The summed E-state index contributed by atoms with van der Waals surface area (Å²) in [7, 11) is 0. The first-order chi connectivity index (χ1) is 31.5. The van der Waals surface area contributed by atoms with Crippen LogP contribution in [0, 0.1) is 0 Å². The monoisotopic (exact) mass is 821 g/mol. The number of benzene rings is 8. The van der Waals surface area contributed by atoms with E-state index in [9.17, 15) is 0 Å². The average molecular weight is 822 g/mol. The van der Waals surface area contributed by atoms with Gasteiger partial charge in [0.25, 0.3) is 0 Å². The highest BCUT2D eigenvalue weighted by Crippen LogP contribution is 2.57. The van der Waals surface area contributed by atoms with E-state index in [-0.39, 0.29) is 11.3 Å². The number of allylic oxidation sites excluding steroid dienone is 8. The van der Waals surface area contributed by atoms with Crippen molar-refractivity contribution in [2.24, 2.45) is 0 Å². The fourth-order valence-electron chi connectivity index (χ4n) is 10.5. The molecule has 64 heavy (non-hydrogen) atoms. The van der Waals surface area contributed by atoms with Crippen LogP contribution in [0.3, 0.4) is 0 Å². The molecule has 0 heterocycles. The average Bonchev–Trinajstić information content (AvgIpc) is 3.60. The minimum Gasteiger partial charge on any atom is -0.311 e. The van der Waals surface area contributed by atoms with Crippen LogP contribution in [0.5, 0.6) is 0 Å². The first-order valence-electron chi connectivity index (χ1n) is 22.8. The molecule has 0 amide bonds. The van der Waals surface area contributed by atoms with Gasteiger partial charge in [0, 0.05) is 28.4 Å². The second kappa shape index (κ2) is 16.7. The number of hydrogen-bond acceptors (Lipinski definition) is 1. The fourth-order valence-corrected chi connectivity index (χ4v) is 10.5. The summed E-state index contributed by atoms with van der Waals surface area (Å²) >= 11 is 0. The quantitative estimate of drug-likeness (QED) is 0.140. The van der Waals surface area contributed by atoms with Gasteiger partial charge in [-0.3, -0.25) is 0 Å². The van der Waals surface area contributed by atoms with Crippen molar-refractivity contribution >= 4 is 33.8 Å². The first kappa shape index (κ1) is 39.4. The zero-order valence-corrected chi connectivity index (χ0v) is 36.6. The van der Waals surface area contributed by atoms with E-state index < -0.39 is 0 Å². The molecule has 0 saturated carbocycles. The van der Waals surface area contributed by atoms with Crippen LogP contribution < -0.4 is 4.90 Å². The maximum atomic E-state index is 2.50. The molecule has 0 N–H and O–H groups in total. The van der Waals surface area contributed by atoms with Gasteiger partial charge < -0.3 is 4.90 Å². The Kier molecular flexibility index (Phi) is 10.3. The summed E-state index contributed by atoms with van der Waals surface area (Å²) in [6.45, 7) is 4.86. The molecule has 0 aliphatic heterocycles. The van der Waals surface area contributed by atoms with Crippen LogP contribution in [0.25, 0.3) is 50.1 Å². The van der Waals surface area contributed by atoms with Crippen LogP contribution >= 0.6 is 0 Å². The smallest absolute Gasteiger partial charge is 0.0462 e. The molecule has 0 bridgehead atoms.